The van der Waals surface area contributed by atoms with Crippen molar-refractivity contribution in [3.8, 4) is 0 Å². The summed E-state index contributed by atoms with van der Waals surface area (Å²) < 4.78 is 55.4. The van der Waals surface area contributed by atoms with E-state index in [1.54, 1.807) is 6.33 Å². The minimum absolute atomic E-state index is 0.108. The van der Waals surface area contributed by atoms with Gasteiger partial charge >= 0.3 is 0 Å². The summed E-state index contributed by atoms with van der Waals surface area (Å²) in [6, 6.07) is 2.63. The van der Waals surface area contributed by atoms with Crippen molar-refractivity contribution in [3.05, 3.63) is 42.0 Å². The van der Waals surface area contributed by atoms with Gasteiger partial charge in [0.2, 0.25) is 10.0 Å². The van der Waals surface area contributed by atoms with E-state index in [0.717, 1.165) is 18.0 Å². The summed E-state index contributed by atoms with van der Waals surface area (Å²) in [6.45, 7) is 4.58. The lowest BCUT2D eigenvalue weighted by Crippen LogP contribution is -2.39. The van der Waals surface area contributed by atoms with E-state index in [1.165, 1.54) is 4.31 Å². The predicted octanol–water partition coefficient (Wildman–Crippen LogP) is 2.71. The smallest absolute Gasteiger partial charge is 0.245 e. The Morgan fingerprint density at radius 3 is 2.48 bits per heavy atom. The zero-order chi connectivity index (χ0) is 18.2. The van der Waals surface area contributed by atoms with Gasteiger partial charge in [0.05, 0.1) is 0 Å². The number of rotatable bonds is 4. The van der Waals surface area contributed by atoms with Crippen molar-refractivity contribution in [1.82, 2.24) is 19.1 Å². The number of nitrogens with zero attached hydrogens (tertiary/aromatic N) is 4. The molecule has 0 bridgehead atoms. The van der Waals surface area contributed by atoms with Crippen molar-refractivity contribution < 1.29 is 17.2 Å². The number of sulfonamides is 1. The third-order valence-electron chi connectivity index (χ3n) is 4.45. The summed E-state index contributed by atoms with van der Waals surface area (Å²) in [5.41, 5.74) is 0. The summed E-state index contributed by atoms with van der Waals surface area (Å²) in [5, 5.41) is 8.07. The minimum Gasteiger partial charge on any atom is -0.314 e. The van der Waals surface area contributed by atoms with E-state index in [2.05, 4.69) is 10.2 Å². The number of hydrogen-bond acceptors (Lipinski definition) is 4. The second-order valence-electron chi connectivity index (χ2n) is 6.46. The van der Waals surface area contributed by atoms with Gasteiger partial charge in [-0.2, -0.15) is 4.31 Å². The van der Waals surface area contributed by atoms with E-state index in [-0.39, 0.29) is 25.0 Å². The van der Waals surface area contributed by atoms with Gasteiger partial charge in [0, 0.05) is 31.1 Å². The van der Waals surface area contributed by atoms with Crippen molar-refractivity contribution >= 4 is 10.0 Å². The van der Waals surface area contributed by atoms with Gasteiger partial charge < -0.3 is 4.57 Å². The quantitative estimate of drug-likeness (QED) is 0.830. The molecule has 6 nitrogen and oxygen atoms in total. The van der Waals surface area contributed by atoms with Crippen molar-refractivity contribution in [2.75, 3.05) is 13.1 Å². The topological polar surface area (TPSA) is 68.1 Å². The molecular formula is C16H20F2N4O2S. The lowest BCUT2D eigenvalue weighted by atomic mass is 10.1. The maximum Gasteiger partial charge on any atom is 0.245 e. The van der Waals surface area contributed by atoms with E-state index in [0.29, 0.717) is 18.9 Å². The first-order valence-electron chi connectivity index (χ1n) is 8.15. The van der Waals surface area contributed by atoms with Gasteiger partial charge in [0.25, 0.3) is 0 Å². The average molecular weight is 370 g/mol. The molecule has 9 heteroatoms. The number of aromatic nitrogens is 3. The Bertz CT molecular complexity index is 859. The zero-order valence-corrected chi connectivity index (χ0v) is 14.9. The van der Waals surface area contributed by atoms with Crippen molar-refractivity contribution in [2.24, 2.45) is 0 Å². The fourth-order valence-corrected chi connectivity index (χ4v) is 4.65. The summed E-state index contributed by atoms with van der Waals surface area (Å²) in [6.07, 6.45) is 2.84. The van der Waals surface area contributed by atoms with Crippen molar-refractivity contribution in [1.29, 1.82) is 0 Å². The standard InChI is InChI=1S/C16H20F2N4O2S/c1-11(2)16-20-19-10-22(16)13-5-7-21(8-6-13)25(23,24)15-4-3-12(17)9-14(15)18/h3-4,9-11,13H,5-8H2,1-2H3. The Hall–Kier alpha value is -1.87. The van der Waals surface area contributed by atoms with Crippen molar-refractivity contribution in [2.45, 2.75) is 43.5 Å². The Morgan fingerprint density at radius 1 is 1.20 bits per heavy atom. The molecule has 1 aromatic heterocycles. The predicted molar refractivity (Wildman–Crippen MR) is 87.5 cm³/mol. The fourth-order valence-electron chi connectivity index (χ4n) is 3.13. The maximum atomic E-state index is 13.9. The van der Waals surface area contributed by atoms with E-state index >= 15 is 0 Å². The minimum atomic E-state index is -3.98. The van der Waals surface area contributed by atoms with Crippen LogP contribution in [0, 0.1) is 11.6 Å². The monoisotopic (exact) mass is 370 g/mol. The number of hydrogen-bond donors (Lipinski definition) is 0. The van der Waals surface area contributed by atoms with Gasteiger partial charge in [0.15, 0.2) is 0 Å². The molecule has 2 heterocycles. The SMILES string of the molecule is CC(C)c1nncn1C1CCN(S(=O)(=O)c2ccc(F)cc2F)CC1. The molecule has 1 saturated heterocycles. The Morgan fingerprint density at radius 2 is 1.88 bits per heavy atom. The summed E-state index contributed by atoms with van der Waals surface area (Å²) in [4.78, 5) is -0.487. The molecule has 0 radical (unpaired) electrons. The van der Waals surface area contributed by atoms with Crippen LogP contribution in [-0.4, -0.2) is 40.6 Å². The van der Waals surface area contributed by atoms with Crippen LogP contribution in [0.5, 0.6) is 0 Å². The molecule has 2 aromatic rings. The summed E-state index contributed by atoms with van der Waals surface area (Å²) in [5.74, 6) is -0.782. The van der Waals surface area contributed by atoms with Gasteiger partial charge in [-0.3, -0.25) is 0 Å². The van der Waals surface area contributed by atoms with Crippen LogP contribution in [0.3, 0.4) is 0 Å². The highest BCUT2D eigenvalue weighted by atomic mass is 32.2. The molecule has 0 unspecified atom stereocenters. The van der Waals surface area contributed by atoms with Gasteiger partial charge in [-0.15, -0.1) is 10.2 Å². The van der Waals surface area contributed by atoms with E-state index in [9.17, 15) is 17.2 Å². The van der Waals surface area contributed by atoms with Crippen LogP contribution in [0.2, 0.25) is 0 Å². The Balaban J connectivity index is 1.76. The molecule has 0 atom stereocenters. The number of halogens is 2. The highest BCUT2D eigenvalue weighted by Gasteiger charge is 2.32. The molecule has 0 aliphatic carbocycles. The summed E-state index contributed by atoms with van der Waals surface area (Å²) in [7, 11) is -3.98. The highest BCUT2D eigenvalue weighted by Crippen LogP contribution is 2.29. The lowest BCUT2D eigenvalue weighted by molar-refractivity contribution is 0.268. The zero-order valence-electron chi connectivity index (χ0n) is 14.1. The molecule has 136 valence electrons. The lowest BCUT2D eigenvalue weighted by Gasteiger charge is -2.32. The summed E-state index contributed by atoms with van der Waals surface area (Å²) >= 11 is 0. The van der Waals surface area contributed by atoms with E-state index in [4.69, 9.17) is 0 Å². The molecule has 3 rings (SSSR count). The highest BCUT2D eigenvalue weighted by molar-refractivity contribution is 7.89. The van der Waals surface area contributed by atoms with Gasteiger partial charge in [-0.05, 0) is 25.0 Å². The molecule has 0 saturated carbocycles. The second kappa shape index (κ2) is 6.80. The van der Waals surface area contributed by atoms with Crippen LogP contribution in [0.1, 0.15) is 44.5 Å². The van der Waals surface area contributed by atoms with Crippen LogP contribution in [-0.2, 0) is 10.0 Å². The molecule has 0 amide bonds. The molecule has 0 spiro atoms. The molecular weight excluding hydrogens is 350 g/mol. The molecule has 25 heavy (non-hydrogen) atoms. The fraction of sp³-hybridized carbons (Fsp3) is 0.500. The molecule has 1 aromatic carbocycles. The second-order valence-corrected chi connectivity index (χ2v) is 8.37. The van der Waals surface area contributed by atoms with Crippen molar-refractivity contribution in [3.63, 3.8) is 0 Å². The molecule has 1 aliphatic heterocycles. The third-order valence-corrected chi connectivity index (χ3v) is 6.38. The van der Waals surface area contributed by atoms with Gasteiger partial charge in [-0.25, -0.2) is 17.2 Å². The van der Waals surface area contributed by atoms with Crippen LogP contribution in [0.15, 0.2) is 29.4 Å². The van der Waals surface area contributed by atoms with E-state index in [1.807, 2.05) is 18.4 Å². The molecule has 1 aliphatic rings. The largest absolute Gasteiger partial charge is 0.314 e. The average Bonchev–Trinajstić information content (AvgIpc) is 3.04. The Labute approximate surface area is 145 Å². The first-order chi connectivity index (χ1) is 11.8. The van der Waals surface area contributed by atoms with E-state index < -0.39 is 26.6 Å². The molecule has 0 N–H and O–H groups in total. The number of piperidine rings is 1. The third kappa shape index (κ3) is 3.43. The van der Waals surface area contributed by atoms with Crippen LogP contribution >= 0.6 is 0 Å². The molecule has 1 fully saturated rings. The first-order valence-corrected chi connectivity index (χ1v) is 9.59. The van der Waals surface area contributed by atoms with Gasteiger partial charge in [-0.1, -0.05) is 13.8 Å². The van der Waals surface area contributed by atoms with Crippen LogP contribution in [0.25, 0.3) is 0 Å². The Kier molecular flexibility index (Phi) is 4.88. The van der Waals surface area contributed by atoms with Gasteiger partial charge in [0.1, 0.15) is 28.7 Å². The normalized spacial score (nSPS) is 17.3. The maximum absolute atomic E-state index is 13.9. The first kappa shape index (κ1) is 17.9. The van der Waals surface area contributed by atoms with Crippen LogP contribution in [0.4, 0.5) is 8.78 Å². The van der Waals surface area contributed by atoms with Crippen LogP contribution < -0.4 is 0 Å². The number of benzene rings is 1.